The highest BCUT2D eigenvalue weighted by Crippen LogP contribution is 2.18. The first-order valence-corrected chi connectivity index (χ1v) is 5.60. The summed E-state index contributed by atoms with van der Waals surface area (Å²) in [4.78, 5) is 0. The van der Waals surface area contributed by atoms with Crippen LogP contribution in [-0.2, 0) is 4.74 Å². The molecule has 13 heavy (non-hydrogen) atoms. The fraction of sp³-hybridized carbons (Fsp3) is 1.00. The number of ether oxygens (including phenoxy) is 1. The molecule has 1 N–H and O–H groups in total. The van der Waals surface area contributed by atoms with E-state index in [-0.39, 0.29) is 0 Å². The quantitative estimate of drug-likeness (QED) is 0.585. The lowest BCUT2D eigenvalue weighted by Gasteiger charge is -2.06. The highest BCUT2D eigenvalue weighted by atomic mass is 16.5. The molecule has 0 aromatic rings. The van der Waals surface area contributed by atoms with E-state index in [1.165, 1.54) is 19.3 Å². The molecule has 0 aromatic heterocycles. The average Bonchev–Trinajstić information content (AvgIpc) is 2.86. The van der Waals surface area contributed by atoms with E-state index in [1.54, 1.807) is 0 Å². The molecule has 0 aliphatic heterocycles. The Kier molecular flexibility index (Phi) is 5.40. The van der Waals surface area contributed by atoms with Crippen molar-refractivity contribution in [2.45, 2.75) is 45.6 Å². The van der Waals surface area contributed by atoms with Crippen LogP contribution in [0.2, 0.25) is 0 Å². The summed E-state index contributed by atoms with van der Waals surface area (Å²) in [6.07, 6.45) is 5.12. The van der Waals surface area contributed by atoms with Crippen LogP contribution in [0.4, 0.5) is 0 Å². The summed E-state index contributed by atoms with van der Waals surface area (Å²) in [5.74, 6) is 0.768. The van der Waals surface area contributed by atoms with E-state index in [9.17, 15) is 0 Å². The van der Waals surface area contributed by atoms with Crippen molar-refractivity contribution < 1.29 is 4.74 Å². The Hall–Kier alpha value is -0.0800. The third-order valence-corrected chi connectivity index (χ3v) is 2.32. The Balaban J connectivity index is 1.68. The minimum absolute atomic E-state index is 0.768. The summed E-state index contributed by atoms with van der Waals surface area (Å²) in [5.41, 5.74) is 0. The number of nitrogens with one attached hydrogen (secondary N) is 1. The molecule has 0 unspecified atom stereocenters. The van der Waals surface area contributed by atoms with Crippen LogP contribution in [0.1, 0.15) is 39.5 Å². The summed E-state index contributed by atoms with van der Waals surface area (Å²) in [6.45, 7) is 7.45. The number of rotatable bonds is 8. The first kappa shape index (κ1) is 11.0. The SMILES string of the molecule is CC(C)CCOCCCNC1CC1. The maximum atomic E-state index is 5.51. The van der Waals surface area contributed by atoms with Gasteiger partial charge in [0.25, 0.3) is 0 Å². The molecule has 0 amide bonds. The van der Waals surface area contributed by atoms with Crippen LogP contribution >= 0.6 is 0 Å². The smallest absolute Gasteiger partial charge is 0.0478 e. The predicted molar refractivity (Wildman–Crippen MR) is 55.9 cm³/mol. The van der Waals surface area contributed by atoms with Crippen LogP contribution in [0.3, 0.4) is 0 Å². The lowest BCUT2D eigenvalue weighted by molar-refractivity contribution is 0.121. The third-order valence-electron chi connectivity index (χ3n) is 2.32. The lowest BCUT2D eigenvalue weighted by Crippen LogP contribution is -2.19. The van der Waals surface area contributed by atoms with Crippen LogP contribution in [0.5, 0.6) is 0 Å². The minimum atomic E-state index is 0.768. The lowest BCUT2D eigenvalue weighted by atomic mass is 10.1. The van der Waals surface area contributed by atoms with Gasteiger partial charge < -0.3 is 10.1 Å². The first-order valence-electron chi connectivity index (χ1n) is 5.60. The van der Waals surface area contributed by atoms with Crippen molar-refractivity contribution in [3.05, 3.63) is 0 Å². The normalized spacial score (nSPS) is 16.8. The average molecular weight is 185 g/mol. The van der Waals surface area contributed by atoms with Gasteiger partial charge in [-0.2, -0.15) is 0 Å². The van der Waals surface area contributed by atoms with Crippen molar-refractivity contribution in [3.8, 4) is 0 Å². The molecule has 2 nitrogen and oxygen atoms in total. The van der Waals surface area contributed by atoms with Gasteiger partial charge in [0.15, 0.2) is 0 Å². The molecule has 1 aliphatic rings. The van der Waals surface area contributed by atoms with Crippen molar-refractivity contribution in [2.24, 2.45) is 5.92 Å². The summed E-state index contributed by atoms with van der Waals surface area (Å²) < 4.78 is 5.51. The van der Waals surface area contributed by atoms with E-state index in [1.807, 2.05) is 0 Å². The van der Waals surface area contributed by atoms with Gasteiger partial charge in [0.2, 0.25) is 0 Å². The maximum Gasteiger partial charge on any atom is 0.0478 e. The monoisotopic (exact) mass is 185 g/mol. The standard InChI is InChI=1S/C11H23NO/c1-10(2)6-9-13-8-3-7-12-11-4-5-11/h10-12H,3-9H2,1-2H3. The van der Waals surface area contributed by atoms with Crippen molar-refractivity contribution in [3.63, 3.8) is 0 Å². The summed E-state index contributed by atoms with van der Waals surface area (Å²) >= 11 is 0. The van der Waals surface area contributed by atoms with E-state index in [2.05, 4.69) is 19.2 Å². The van der Waals surface area contributed by atoms with E-state index in [0.29, 0.717) is 0 Å². The Morgan fingerprint density at radius 2 is 2.08 bits per heavy atom. The molecule has 78 valence electrons. The van der Waals surface area contributed by atoms with Crippen LogP contribution in [0.15, 0.2) is 0 Å². The predicted octanol–water partition coefficient (Wildman–Crippen LogP) is 2.19. The van der Waals surface area contributed by atoms with E-state index < -0.39 is 0 Å². The van der Waals surface area contributed by atoms with Gasteiger partial charge >= 0.3 is 0 Å². The molecule has 0 spiro atoms. The van der Waals surface area contributed by atoms with Gasteiger partial charge in [0, 0.05) is 19.3 Å². The van der Waals surface area contributed by atoms with Gasteiger partial charge in [-0.15, -0.1) is 0 Å². The van der Waals surface area contributed by atoms with E-state index in [4.69, 9.17) is 4.74 Å². The third kappa shape index (κ3) is 7.03. The fourth-order valence-electron chi connectivity index (χ4n) is 1.19. The topological polar surface area (TPSA) is 21.3 Å². The van der Waals surface area contributed by atoms with Gasteiger partial charge in [-0.1, -0.05) is 13.8 Å². The zero-order chi connectivity index (χ0) is 9.52. The molecule has 0 radical (unpaired) electrons. The van der Waals surface area contributed by atoms with Gasteiger partial charge in [0.05, 0.1) is 0 Å². The van der Waals surface area contributed by atoms with Crippen LogP contribution in [0.25, 0.3) is 0 Å². The molecule has 0 heterocycles. The summed E-state index contributed by atoms with van der Waals surface area (Å²) in [7, 11) is 0. The highest BCUT2D eigenvalue weighted by Gasteiger charge is 2.19. The molecule has 0 bridgehead atoms. The minimum Gasteiger partial charge on any atom is -0.381 e. The molecule has 1 fully saturated rings. The van der Waals surface area contributed by atoms with Crippen LogP contribution in [-0.4, -0.2) is 25.8 Å². The Morgan fingerprint density at radius 1 is 1.31 bits per heavy atom. The molecule has 1 aliphatic carbocycles. The molecule has 0 saturated heterocycles. The van der Waals surface area contributed by atoms with E-state index in [0.717, 1.165) is 38.1 Å². The number of hydrogen-bond donors (Lipinski definition) is 1. The molecule has 1 saturated carbocycles. The van der Waals surface area contributed by atoms with Crippen LogP contribution < -0.4 is 5.32 Å². The molecular weight excluding hydrogens is 162 g/mol. The van der Waals surface area contributed by atoms with Crippen molar-refractivity contribution in [1.29, 1.82) is 0 Å². The van der Waals surface area contributed by atoms with Gasteiger partial charge in [-0.05, 0) is 38.1 Å². The second-order valence-electron chi connectivity index (χ2n) is 4.38. The molecule has 0 aromatic carbocycles. The van der Waals surface area contributed by atoms with Crippen molar-refractivity contribution >= 4 is 0 Å². The Bertz CT molecular complexity index is 115. The van der Waals surface area contributed by atoms with Crippen molar-refractivity contribution in [1.82, 2.24) is 5.32 Å². The first-order chi connectivity index (χ1) is 6.29. The highest BCUT2D eigenvalue weighted by molar-refractivity contribution is 4.80. The maximum absolute atomic E-state index is 5.51. The van der Waals surface area contributed by atoms with Crippen LogP contribution in [0, 0.1) is 5.92 Å². The fourth-order valence-corrected chi connectivity index (χ4v) is 1.19. The largest absolute Gasteiger partial charge is 0.381 e. The van der Waals surface area contributed by atoms with Gasteiger partial charge in [0.1, 0.15) is 0 Å². The summed E-state index contributed by atoms with van der Waals surface area (Å²) in [5, 5.41) is 3.48. The van der Waals surface area contributed by atoms with Gasteiger partial charge in [-0.25, -0.2) is 0 Å². The zero-order valence-corrected chi connectivity index (χ0v) is 9.01. The van der Waals surface area contributed by atoms with Gasteiger partial charge in [-0.3, -0.25) is 0 Å². The Morgan fingerprint density at radius 3 is 2.69 bits per heavy atom. The molecule has 2 heteroatoms. The van der Waals surface area contributed by atoms with Crippen molar-refractivity contribution in [2.75, 3.05) is 19.8 Å². The molecule has 0 atom stereocenters. The molecular formula is C11H23NO. The number of hydrogen-bond acceptors (Lipinski definition) is 2. The second kappa shape index (κ2) is 6.39. The molecule has 1 rings (SSSR count). The Labute approximate surface area is 82.0 Å². The second-order valence-corrected chi connectivity index (χ2v) is 4.38. The van der Waals surface area contributed by atoms with E-state index >= 15 is 0 Å². The summed E-state index contributed by atoms with van der Waals surface area (Å²) in [6, 6.07) is 0.843. The zero-order valence-electron chi connectivity index (χ0n) is 9.01.